The smallest absolute Gasteiger partial charge is 0.240 e. The summed E-state index contributed by atoms with van der Waals surface area (Å²) in [6, 6.07) is 5.15. The number of hydrogen-bond donors (Lipinski definition) is 2. The van der Waals surface area contributed by atoms with E-state index in [0.29, 0.717) is 13.1 Å². The van der Waals surface area contributed by atoms with Crippen LogP contribution in [0.5, 0.6) is 0 Å². The van der Waals surface area contributed by atoms with Gasteiger partial charge in [0.05, 0.1) is 4.90 Å². The van der Waals surface area contributed by atoms with Gasteiger partial charge in [0.1, 0.15) is 0 Å². The zero-order chi connectivity index (χ0) is 16.3. The monoisotopic (exact) mass is 313 g/mol. The largest absolute Gasteiger partial charge is 0.326 e. The lowest BCUT2D eigenvalue weighted by Crippen LogP contribution is -2.48. The Kier molecular flexibility index (Phi) is 5.92. The first-order valence-electron chi connectivity index (χ1n) is 7.13. The summed E-state index contributed by atoms with van der Waals surface area (Å²) < 4.78 is 27.5. The van der Waals surface area contributed by atoms with Crippen molar-refractivity contribution < 1.29 is 8.42 Å². The Morgan fingerprint density at radius 2 is 1.86 bits per heavy atom. The van der Waals surface area contributed by atoms with Crippen molar-refractivity contribution in [1.82, 2.24) is 9.62 Å². The Balaban J connectivity index is 2.98. The second-order valence-corrected chi connectivity index (χ2v) is 7.79. The van der Waals surface area contributed by atoms with Gasteiger partial charge in [-0.1, -0.05) is 13.0 Å². The molecular formula is C15H27N3O2S. The highest BCUT2D eigenvalue weighted by Gasteiger charge is 2.24. The molecule has 0 saturated carbocycles. The van der Waals surface area contributed by atoms with Gasteiger partial charge in [-0.2, -0.15) is 0 Å². The fraction of sp³-hybridized carbons (Fsp3) is 0.600. The predicted molar refractivity (Wildman–Crippen MR) is 86.7 cm³/mol. The Morgan fingerprint density at radius 3 is 2.33 bits per heavy atom. The Hall–Kier alpha value is -0.950. The molecule has 0 aliphatic carbocycles. The number of benzene rings is 1. The topological polar surface area (TPSA) is 75.4 Å². The van der Waals surface area contributed by atoms with Crippen LogP contribution in [-0.4, -0.2) is 39.5 Å². The van der Waals surface area contributed by atoms with Gasteiger partial charge in [0.2, 0.25) is 10.0 Å². The number of hydrogen-bond acceptors (Lipinski definition) is 4. The minimum absolute atomic E-state index is 0.257. The molecule has 120 valence electrons. The van der Waals surface area contributed by atoms with E-state index in [1.54, 1.807) is 12.1 Å². The van der Waals surface area contributed by atoms with Crippen LogP contribution in [0.15, 0.2) is 23.1 Å². The third-order valence-electron chi connectivity index (χ3n) is 3.99. The summed E-state index contributed by atoms with van der Waals surface area (Å²) in [5.74, 6) is 0. The standard InChI is InChI=1S/C15H27N3O2S/c1-6-12-7-8-14(9-13(12)10-16)21(19,20)17-11-15(2,3)18(4)5/h7-9,17H,6,10-11,16H2,1-5H3. The van der Waals surface area contributed by atoms with Crippen LogP contribution in [0.25, 0.3) is 0 Å². The van der Waals surface area contributed by atoms with Crippen molar-refractivity contribution in [1.29, 1.82) is 0 Å². The number of sulfonamides is 1. The van der Waals surface area contributed by atoms with Crippen molar-refractivity contribution in [3.63, 3.8) is 0 Å². The van der Waals surface area contributed by atoms with E-state index in [1.165, 1.54) is 0 Å². The van der Waals surface area contributed by atoms with E-state index in [4.69, 9.17) is 5.73 Å². The third kappa shape index (κ3) is 4.51. The van der Waals surface area contributed by atoms with E-state index in [9.17, 15) is 8.42 Å². The SMILES string of the molecule is CCc1ccc(S(=O)(=O)NCC(C)(C)N(C)C)cc1CN. The lowest BCUT2D eigenvalue weighted by molar-refractivity contribution is 0.199. The maximum atomic E-state index is 12.4. The number of rotatable bonds is 7. The highest BCUT2D eigenvalue weighted by Crippen LogP contribution is 2.17. The third-order valence-corrected chi connectivity index (χ3v) is 5.39. The summed E-state index contributed by atoms with van der Waals surface area (Å²) in [6.07, 6.45) is 0.841. The summed E-state index contributed by atoms with van der Waals surface area (Å²) in [6.45, 7) is 6.69. The second kappa shape index (κ2) is 6.87. The molecule has 1 aromatic carbocycles. The lowest BCUT2D eigenvalue weighted by atomic mass is 10.1. The van der Waals surface area contributed by atoms with E-state index in [0.717, 1.165) is 17.5 Å². The molecule has 0 heterocycles. The Bertz CT molecular complexity index is 581. The van der Waals surface area contributed by atoms with Crippen LogP contribution >= 0.6 is 0 Å². The zero-order valence-corrected chi connectivity index (χ0v) is 14.4. The number of nitrogens with two attached hydrogens (primary N) is 1. The van der Waals surface area contributed by atoms with E-state index in [2.05, 4.69) is 4.72 Å². The molecule has 0 fully saturated rings. The van der Waals surface area contributed by atoms with Gasteiger partial charge in [-0.3, -0.25) is 0 Å². The van der Waals surface area contributed by atoms with E-state index >= 15 is 0 Å². The molecule has 0 aromatic heterocycles. The van der Waals surface area contributed by atoms with Crippen molar-refractivity contribution in [2.45, 2.75) is 44.2 Å². The zero-order valence-electron chi connectivity index (χ0n) is 13.6. The molecule has 0 unspecified atom stereocenters. The molecule has 21 heavy (non-hydrogen) atoms. The molecule has 0 amide bonds. The maximum Gasteiger partial charge on any atom is 0.240 e. The summed E-state index contributed by atoms with van der Waals surface area (Å²) in [5.41, 5.74) is 7.41. The van der Waals surface area contributed by atoms with Crippen molar-refractivity contribution in [2.75, 3.05) is 20.6 Å². The molecule has 0 bridgehead atoms. The summed E-state index contributed by atoms with van der Waals surface area (Å²) >= 11 is 0. The fourth-order valence-corrected chi connectivity index (χ4v) is 3.07. The number of aryl methyl sites for hydroxylation is 1. The molecule has 5 nitrogen and oxygen atoms in total. The van der Waals surface area contributed by atoms with Crippen LogP contribution in [-0.2, 0) is 23.0 Å². The van der Waals surface area contributed by atoms with Crippen molar-refractivity contribution in [3.05, 3.63) is 29.3 Å². The molecule has 0 aliphatic rings. The highest BCUT2D eigenvalue weighted by atomic mass is 32.2. The molecule has 1 aromatic rings. The highest BCUT2D eigenvalue weighted by molar-refractivity contribution is 7.89. The molecule has 1 rings (SSSR count). The molecule has 0 atom stereocenters. The van der Waals surface area contributed by atoms with E-state index in [-0.39, 0.29) is 10.4 Å². The Labute approximate surface area is 128 Å². The first-order valence-corrected chi connectivity index (χ1v) is 8.61. The van der Waals surface area contributed by atoms with Crippen LogP contribution in [0.1, 0.15) is 31.9 Å². The van der Waals surface area contributed by atoms with Gasteiger partial charge < -0.3 is 10.6 Å². The minimum atomic E-state index is -3.52. The van der Waals surface area contributed by atoms with Crippen LogP contribution in [0.2, 0.25) is 0 Å². The number of nitrogens with zero attached hydrogens (tertiary/aromatic N) is 1. The van der Waals surface area contributed by atoms with Gasteiger partial charge in [-0.15, -0.1) is 0 Å². The van der Waals surface area contributed by atoms with Gasteiger partial charge in [-0.25, -0.2) is 13.1 Å². The van der Waals surface area contributed by atoms with Crippen LogP contribution in [0, 0.1) is 0 Å². The lowest BCUT2D eigenvalue weighted by Gasteiger charge is -2.32. The minimum Gasteiger partial charge on any atom is -0.326 e. The van der Waals surface area contributed by atoms with E-state index in [1.807, 2.05) is 45.8 Å². The fourth-order valence-electron chi connectivity index (χ4n) is 1.82. The molecule has 0 aliphatic heterocycles. The molecule has 3 N–H and O–H groups in total. The first kappa shape index (κ1) is 18.1. The summed E-state index contributed by atoms with van der Waals surface area (Å²) in [5, 5.41) is 0. The van der Waals surface area contributed by atoms with Crippen molar-refractivity contribution >= 4 is 10.0 Å². The normalized spacial score (nSPS) is 12.9. The predicted octanol–water partition coefficient (Wildman–Crippen LogP) is 1.33. The van der Waals surface area contributed by atoms with Crippen molar-refractivity contribution in [2.24, 2.45) is 5.73 Å². The van der Waals surface area contributed by atoms with Gasteiger partial charge in [0, 0.05) is 18.6 Å². The summed E-state index contributed by atoms with van der Waals surface area (Å²) in [4.78, 5) is 2.26. The molecule has 0 saturated heterocycles. The van der Waals surface area contributed by atoms with Crippen LogP contribution in [0.4, 0.5) is 0 Å². The molecule has 0 radical (unpaired) electrons. The van der Waals surface area contributed by atoms with Crippen LogP contribution < -0.4 is 10.5 Å². The van der Waals surface area contributed by atoms with Gasteiger partial charge in [0.15, 0.2) is 0 Å². The molecular weight excluding hydrogens is 286 g/mol. The van der Waals surface area contributed by atoms with Gasteiger partial charge in [0.25, 0.3) is 0 Å². The average molecular weight is 313 g/mol. The van der Waals surface area contributed by atoms with Gasteiger partial charge in [-0.05, 0) is 57.6 Å². The van der Waals surface area contributed by atoms with Crippen molar-refractivity contribution in [3.8, 4) is 0 Å². The Morgan fingerprint density at radius 1 is 1.24 bits per heavy atom. The molecule has 6 heteroatoms. The number of nitrogens with one attached hydrogen (secondary N) is 1. The number of likely N-dealkylation sites (N-methyl/N-ethyl adjacent to an activating group) is 1. The quantitative estimate of drug-likeness (QED) is 0.796. The average Bonchev–Trinajstić information content (AvgIpc) is 2.44. The van der Waals surface area contributed by atoms with Gasteiger partial charge >= 0.3 is 0 Å². The van der Waals surface area contributed by atoms with E-state index < -0.39 is 10.0 Å². The molecule has 0 spiro atoms. The summed E-state index contributed by atoms with van der Waals surface area (Å²) in [7, 11) is 0.338. The van der Waals surface area contributed by atoms with Crippen LogP contribution in [0.3, 0.4) is 0 Å². The second-order valence-electron chi connectivity index (χ2n) is 6.02. The maximum absolute atomic E-state index is 12.4. The first-order chi connectivity index (χ1) is 9.64.